The molecule has 1 amide bonds. The summed E-state index contributed by atoms with van der Waals surface area (Å²) in [5.41, 5.74) is 4.92. The first-order chi connectivity index (χ1) is 14.5. The van der Waals surface area contributed by atoms with Crippen LogP contribution in [0.4, 0.5) is 5.13 Å². The smallest absolute Gasteiger partial charge is 0.255 e. The van der Waals surface area contributed by atoms with Crippen LogP contribution in [0.15, 0.2) is 41.8 Å². The maximum Gasteiger partial charge on any atom is 0.255 e. The summed E-state index contributed by atoms with van der Waals surface area (Å²) < 4.78 is 2.23. The van der Waals surface area contributed by atoms with E-state index in [-0.39, 0.29) is 5.91 Å². The summed E-state index contributed by atoms with van der Waals surface area (Å²) in [7, 11) is 0. The minimum atomic E-state index is 0.136. The van der Waals surface area contributed by atoms with Crippen molar-refractivity contribution in [1.29, 1.82) is 0 Å². The van der Waals surface area contributed by atoms with Gasteiger partial charge in [-0.3, -0.25) is 4.79 Å². The Balaban J connectivity index is 1.73. The lowest BCUT2D eigenvalue weighted by molar-refractivity contribution is 0.0771. The van der Waals surface area contributed by atoms with Gasteiger partial charge in [-0.05, 0) is 32.4 Å². The van der Waals surface area contributed by atoms with Crippen LogP contribution < -0.4 is 5.32 Å². The van der Waals surface area contributed by atoms with Gasteiger partial charge in [-0.25, -0.2) is 4.98 Å². The van der Waals surface area contributed by atoms with Gasteiger partial charge in [0.2, 0.25) is 0 Å². The first kappa shape index (κ1) is 21.0. The Bertz CT molecular complexity index is 1000. The van der Waals surface area contributed by atoms with Crippen LogP contribution in [0.5, 0.6) is 0 Å². The van der Waals surface area contributed by atoms with E-state index in [1.54, 1.807) is 11.3 Å². The van der Waals surface area contributed by atoms with E-state index in [0.717, 1.165) is 58.9 Å². The fourth-order valence-electron chi connectivity index (χ4n) is 3.69. The van der Waals surface area contributed by atoms with Crippen molar-refractivity contribution < 1.29 is 4.79 Å². The summed E-state index contributed by atoms with van der Waals surface area (Å²) in [6, 6.07) is 12.8. The monoisotopic (exact) mass is 440 g/mol. The third kappa shape index (κ3) is 4.57. The molecule has 158 valence electrons. The Labute approximate surface area is 186 Å². The number of nitrogens with zero attached hydrogens (tertiary/aromatic N) is 3. The Morgan fingerprint density at radius 2 is 1.93 bits per heavy atom. The van der Waals surface area contributed by atoms with Crippen LogP contribution in [0.1, 0.15) is 35.5 Å². The van der Waals surface area contributed by atoms with Gasteiger partial charge in [0, 0.05) is 48.3 Å². The van der Waals surface area contributed by atoms with Gasteiger partial charge >= 0.3 is 0 Å². The lowest BCUT2D eigenvalue weighted by Crippen LogP contribution is -2.38. The van der Waals surface area contributed by atoms with Gasteiger partial charge < -0.3 is 14.8 Å². The van der Waals surface area contributed by atoms with Crippen molar-refractivity contribution in [1.82, 2.24) is 14.5 Å². The molecular formula is C23H28N4OS2. The van der Waals surface area contributed by atoms with Crippen LogP contribution in [0, 0.1) is 6.92 Å². The largest absolute Gasteiger partial charge is 0.359 e. The highest BCUT2D eigenvalue weighted by atomic mass is 32.2. The highest BCUT2D eigenvalue weighted by molar-refractivity contribution is 7.99. The average molecular weight is 441 g/mol. The van der Waals surface area contributed by atoms with Gasteiger partial charge in [-0.2, -0.15) is 11.8 Å². The molecule has 3 aromatic rings. The Morgan fingerprint density at radius 1 is 1.20 bits per heavy atom. The first-order valence-electron chi connectivity index (χ1n) is 10.4. The molecule has 1 aromatic carbocycles. The van der Waals surface area contributed by atoms with Gasteiger partial charge in [0.1, 0.15) is 0 Å². The van der Waals surface area contributed by atoms with Crippen molar-refractivity contribution in [3.05, 3.63) is 58.6 Å². The van der Waals surface area contributed by atoms with Crippen molar-refractivity contribution in [3.8, 4) is 11.4 Å². The quantitative estimate of drug-likeness (QED) is 0.587. The van der Waals surface area contributed by atoms with Crippen molar-refractivity contribution in [2.45, 2.75) is 33.4 Å². The predicted octanol–water partition coefficient (Wildman–Crippen LogP) is 4.98. The van der Waals surface area contributed by atoms with Crippen LogP contribution >= 0.6 is 23.1 Å². The summed E-state index contributed by atoms with van der Waals surface area (Å²) in [4.78, 5) is 20.1. The third-order valence-corrected chi connectivity index (χ3v) is 6.97. The first-order valence-corrected chi connectivity index (χ1v) is 12.4. The molecule has 7 heteroatoms. The molecular weight excluding hydrogens is 412 g/mol. The van der Waals surface area contributed by atoms with Gasteiger partial charge in [0.25, 0.3) is 5.91 Å². The molecule has 1 fully saturated rings. The molecule has 1 saturated heterocycles. The van der Waals surface area contributed by atoms with E-state index in [1.807, 2.05) is 28.8 Å². The molecule has 0 unspecified atom stereocenters. The molecule has 4 rings (SSSR count). The molecule has 3 heterocycles. The lowest BCUT2D eigenvalue weighted by atomic mass is 10.2. The van der Waals surface area contributed by atoms with Crippen molar-refractivity contribution >= 4 is 34.1 Å². The number of hydrogen-bond donors (Lipinski definition) is 1. The molecule has 1 N–H and O–H groups in total. The second-order valence-corrected chi connectivity index (χ2v) is 9.92. The third-order valence-electron chi connectivity index (χ3n) is 5.26. The molecule has 1 aliphatic heterocycles. The molecule has 0 saturated carbocycles. The normalized spacial score (nSPS) is 14.3. The van der Waals surface area contributed by atoms with E-state index >= 15 is 0 Å². The standard InChI is InChI=1S/C23H28N4OS2/c1-16(2)24-23-25-20(15-30-23)21-13-19(22(28)26-9-11-29-12-10-26)17(3)27(21)14-18-7-5-4-6-8-18/h4-8,13,15-16H,9-12,14H2,1-3H3,(H,24,25). The van der Waals surface area contributed by atoms with Gasteiger partial charge in [-0.15, -0.1) is 11.3 Å². The zero-order chi connectivity index (χ0) is 21.1. The highest BCUT2D eigenvalue weighted by Gasteiger charge is 2.25. The van der Waals surface area contributed by atoms with Crippen molar-refractivity contribution in [2.24, 2.45) is 0 Å². The summed E-state index contributed by atoms with van der Waals surface area (Å²) in [6.45, 7) is 8.63. The number of thiazole rings is 1. The molecule has 1 aliphatic rings. The minimum Gasteiger partial charge on any atom is -0.359 e. The summed E-state index contributed by atoms with van der Waals surface area (Å²) in [5, 5.41) is 6.37. The zero-order valence-corrected chi connectivity index (χ0v) is 19.4. The number of benzene rings is 1. The van der Waals surface area contributed by atoms with Gasteiger partial charge in [-0.1, -0.05) is 30.3 Å². The zero-order valence-electron chi connectivity index (χ0n) is 17.7. The number of amides is 1. The minimum absolute atomic E-state index is 0.136. The van der Waals surface area contributed by atoms with E-state index < -0.39 is 0 Å². The fourth-order valence-corrected chi connectivity index (χ4v) is 5.44. The molecule has 0 bridgehead atoms. The molecule has 30 heavy (non-hydrogen) atoms. The van der Waals surface area contributed by atoms with Crippen molar-refractivity contribution in [2.75, 3.05) is 29.9 Å². The number of carbonyl (C=O) groups excluding carboxylic acids is 1. The fraction of sp³-hybridized carbons (Fsp3) is 0.391. The maximum absolute atomic E-state index is 13.3. The Kier molecular flexibility index (Phi) is 6.49. The highest BCUT2D eigenvalue weighted by Crippen LogP contribution is 2.31. The second-order valence-electron chi connectivity index (χ2n) is 7.84. The van der Waals surface area contributed by atoms with Crippen molar-refractivity contribution in [3.63, 3.8) is 0 Å². The molecule has 0 aliphatic carbocycles. The number of anilines is 1. The van der Waals surface area contributed by atoms with Crippen LogP contribution in [0.3, 0.4) is 0 Å². The number of hydrogen-bond acceptors (Lipinski definition) is 5. The predicted molar refractivity (Wildman–Crippen MR) is 128 cm³/mol. The number of rotatable bonds is 6. The van der Waals surface area contributed by atoms with E-state index in [0.29, 0.717) is 6.04 Å². The van der Waals surface area contributed by atoms with E-state index in [4.69, 9.17) is 4.98 Å². The van der Waals surface area contributed by atoms with Crippen LogP contribution in [0.2, 0.25) is 0 Å². The molecule has 2 aromatic heterocycles. The average Bonchev–Trinajstić information content (AvgIpc) is 3.33. The molecule has 0 atom stereocenters. The van der Waals surface area contributed by atoms with E-state index in [2.05, 4.69) is 60.3 Å². The molecule has 5 nitrogen and oxygen atoms in total. The topological polar surface area (TPSA) is 50.2 Å². The second kappa shape index (κ2) is 9.27. The van der Waals surface area contributed by atoms with Crippen LogP contribution in [-0.2, 0) is 6.54 Å². The molecule has 0 radical (unpaired) electrons. The number of aromatic nitrogens is 2. The van der Waals surface area contributed by atoms with Crippen LogP contribution in [0.25, 0.3) is 11.4 Å². The lowest BCUT2D eigenvalue weighted by Gasteiger charge is -2.26. The summed E-state index contributed by atoms with van der Waals surface area (Å²) in [6.07, 6.45) is 0. The molecule has 0 spiro atoms. The maximum atomic E-state index is 13.3. The van der Waals surface area contributed by atoms with Gasteiger partial charge in [0.15, 0.2) is 5.13 Å². The SMILES string of the molecule is Cc1c(C(=O)N2CCSCC2)cc(-c2csc(NC(C)C)n2)n1Cc1ccccc1. The Hall–Kier alpha value is -2.25. The Morgan fingerprint density at radius 3 is 2.63 bits per heavy atom. The summed E-state index contributed by atoms with van der Waals surface area (Å²) >= 11 is 3.52. The van der Waals surface area contributed by atoms with E-state index in [9.17, 15) is 4.79 Å². The number of carbonyl (C=O) groups is 1. The van der Waals surface area contributed by atoms with Gasteiger partial charge in [0.05, 0.1) is 17.0 Å². The number of thioether (sulfide) groups is 1. The summed E-state index contributed by atoms with van der Waals surface area (Å²) in [5.74, 6) is 2.16. The van der Waals surface area contributed by atoms with Crippen LogP contribution in [-0.4, -0.2) is 51.0 Å². The number of nitrogens with one attached hydrogen (secondary N) is 1. The van der Waals surface area contributed by atoms with E-state index in [1.165, 1.54) is 5.56 Å².